The molecule has 0 aliphatic carbocycles. The quantitative estimate of drug-likeness (QED) is 0.626. The highest BCUT2D eigenvalue weighted by Gasteiger charge is 2.17. The van der Waals surface area contributed by atoms with Crippen LogP contribution >= 0.6 is 23.1 Å². The Labute approximate surface area is 124 Å². The number of benzene rings is 1. The lowest BCUT2D eigenvalue weighted by Crippen LogP contribution is -2.32. The molecule has 2 N–H and O–H groups in total. The second-order valence-corrected chi connectivity index (χ2v) is 6.44. The fourth-order valence-corrected chi connectivity index (χ4v) is 3.17. The van der Waals surface area contributed by atoms with Crippen molar-refractivity contribution >= 4 is 40.8 Å². The fraction of sp³-hybridized carbons (Fsp3) is 0.273. The molecule has 1 aromatic heterocycles. The molecule has 0 fully saturated rings. The van der Waals surface area contributed by atoms with Crippen molar-refractivity contribution in [3.8, 4) is 0 Å². The number of hydrogen-bond acceptors (Lipinski definition) is 7. The van der Waals surface area contributed by atoms with Gasteiger partial charge >= 0.3 is 7.12 Å². The zero-order valence-corrected chi connectivity index (χ0v) is 12.6. The van der Waals surface area contributed by atoms with Crippen LogP contribution in [0.4, 0.5) is 9.52 Å². The number of aromatic nitrogens is 2. The topological polar surface area (TPSA) is 69.5 Å². The van der Waals surface area contributed by atoms with E-state index in [-0.39, 0.29) is 5.46 Å². The number of thioether (sulfide) groups is 1. The Balaban J connectivity index is 2.05. The van der Waals surface area contributed by atoms with Crippen LogP contribution in [0, 0.1) is 5.82 Å². The van der Waals surface area contributed by atoms with Crippen LogP contribution in [0.25, 0.3) is 0 Å². The van der Waals surface area contributed by atoms with Crippen LogP contribution in [0.5, 0.6) is 0 Å². The van der Waals surface area contributed by atoms with Gasteiger partial charge in [-0.25, -0.2) is 4.39 Å². The van der Waals surface area contributed by atoms with Gasteiger partial charge < -0.3 is 14.9 Å². The Morgan fingerprint density at radius 2 is 2.10 bits per heavy atom. The molecule has 0 aliphatic rings. The molecule has 20 heavy (non-hydrogen) atoms. The van der Waals surface area contributed by atoms with E-state index in [1.54, 1.807) is 6.07 Å². The lowest BCUT2D eigenvalue weighted by Gasteiger charge is -2.05. The predicted octanol–water partition coefficient (Wildman–Crippen LogP) is 0.715. The van der Waals surface area contributed by atoms with E-state index >= 15 is 0 Å². The summed E-state index contributed by atoms with van der Waals surface area (Å²) < 4.78 is 14.1. The van der Waals surface area contributed by atoms with Crippen molar-refractivity contribution in [2.45, 2.75) is 10.1 Å². The summed E-state index contributed by atoms with van der Waals surface area (Å²) in [5.74, 6) is -0.0678. The first-order valence-electron chi connectivity index (χ1n) is 5.75. The van der Waals surface area contributed by atoms with E-state index in [4.69, 9.17) is 10.0 Å². The largest absolute Gasteiger partial charge is 0.491 e. The van der Waals surface area contributed by atoms with Gasteiger partial charge in [-0.3, -0.25) is 0 Å². The summed E-state index contributed by atoms with van der Waals surface area (Å²) in [5.41, 5.74) is 0.676. The summed E-state index contributed by atoms with van der Waals surface area (Å²) in [6.07, 6.45) is 0. The minimum absolute atomic E-state index is 0.116. The van der Waals surface area contributed by atoms with E-state index in [0.29, 0.717) is 5.75 Å². The van der Waals surface area contributed by atoms with Gasteiger partial charge in [0.1, 0.15) is 5.82 Å². The maximum atomic E-state index is 13.3. The molecule has 0 saturated carbocycles. The molecule has 0 aliphatic heterocycles. The number of halogens is 1. The summed E-state index contributed by atoms with van der Waals surface area (Å²) in [7, 11) is 1.98. The molecule has 0 saturated heterocycles. The maximum Gasteiger partial charge on any atom is 0.491 e. The third-order valence-corrected chi connectivity index (χ3v) is 4.77. The zero-order chi connectivity index (χ0) is 14.7. The van der Waals surface area contributed by atoms with Crippen LogP contribution in [0.1, 0.15) is 5.56 Å². The molecule has 0 radical (unpaired) electrons. The molecule has 1 aromatic carbocycles. The van der Waals surface area contributed by atoms with Crippen LogP contribution in [-0.4, -0.2) is 41.5 Å². The summed E-state index contributed by atoms with van der Waals surface area (Å²) in [5, 5.41) is 27.0. The van der Waals surface area contributed by atoms with Gasteiger partial charge in [-0.05, 0) is 11.6 Å². The molecule has 2 rings (SSSR count). The van der Waals surface area contributed by atoms with E-state index in [9.17, 15) is 4.39 Å². The molecule has 0 atom stereocenters. The smallest absolute Gasteiger partial charge is 0.423 e. The highest BCUT2D eigenvalue weighted by atomic mass is 32.2. The third-order valence-electron chi connectivity index (χ3n) is 2.48. The molecular weight excluding hydrogens is 300 g/mol. The Morgan fingerprint density at radius 3 is 2.70 bits per heavy atom. The van der Waals surface area contributed by atoms with Gasteiger partial charge in [-0.15, -0.1) is 10.2 Å². The minimum atomic E-state index is -1.80. The average Bonchev–Trinajstić information content (AvgIpc) is 2.86. The Bertz CT molecular complexity index is 595. The number of anilines is 1. The molecule has 1 heterocycles. The van der Waals surface area contributed by atoms with Crippen molar-refractivity contribution in [2.75, 3.05) is 19.0 Å². The van der Waals surface area contributed by atoms with Crippen LogP contribution in [0.3, 0.4) is 0 Å². The third kappa shape index (κ3) is 3.69. The highest BCUT2D eigenvalue weighted by Crippen LogP contribution is 2.29. The van der Waals surface area contributed by atoms with Gasteiger partial charge in [0, 0.05) is 25.3 Å². The number of hydrogen-bond donors (Lipinski definition) is 2. The van der Waals surface area contributed by atoms with E-state index in [1.807, 2.05) is 19.0 Å². The van der Waals surface area contributed by atoms with E-state index in [0.717, 1.165) is 15.0 Å². The fourth-order valence-electron chi connectivity index (χ4n) is 1.47. The van der Waals surface area contributed by atoms with Gasteiger partial charge in [0.05, 0.1) is 0 Å². The van der Waals surface area contributed by atoms with Crippen molar-refractivity contribution in [2.24, 2.45) is 0 Å². The number of rotatable bonds is 5. The van der Waals surface area contributed by atoms with Crippen molar-refractivity contribution in [1.82, 2.24) is 10.2 Å². The number of nitrogens with zero attached hydrogens (tertiary/aromatic N) is 3. The molecule has 0 unspecified atom stereocenters. The van der Waals surface area contributed by atoms with Crippen LogP contribution in [0.15, 0.2) is 22.5 Å². The maximum absolute atomic E-state index is 13.3. The molecule has 9 heteroatoms. The first-order chi connectivity index (χ1) is 9.47. The van der Waals surface area contributed by atoms with Gasteiger partial charge in [0.2, 0.25) is 5.13 Å². The molecule has 5 nitrogen and oxygen atoms in total. The molecule has 0 amide bonds. The van der Waals surface area contributed by atoms with Crippen molar-refractivity contribution in [3.05, 3.63) is 29.6 Å². The van der Waals surface area contributed by atoms with E-state index in [1.165, 1.54) is 35.2 Å². The second-order valence-electron chi connectivity index (χ2n) is 4.26. The van der Waals surface area contributed by atoms with Crippen molar-refractivity contribution in [1.29, 1.82) is 0 Å². The SMILES string of the molecule is CN(C)c1nnc(SCc2ccc(F)c(B(O)O)c2)s1. The minimum Gasteiger partial charge on any atom is -0.423 e. The van der Waals surface area contributed by atoms with Crippen LogP contribution in [0.2, 0.25) is 0 Å². The first-order valence-corrected chi connectivity index (χ1v) is 7.55. The Kier molecular flexibility index (Phi) is 4.98. The Morgan fingerprint density at radius 1 is 1.35 bits per heavy atom. The second kappa shape index (κ2) is 6.53. The Hall–Kier alpha value is -1.16. The lowest BCUT2D eigenvalue weighted by atomic mass is 9.79. The molecule has 2 aromatic rings. The average molecular weight is 313 g/mol. The van der Waals surface area contributed by atoms with Crippen molar-refractivity contribution < 1.29 is 14.4 Å². The molecule has 0 spiro atoms. The van der Waals surface area contributed by atoms with Gasteiger partial charge in [0.15, 0.2) is 4.34 Å². The zero-order valence-electron chi connectivity index (χ0n) is 10.9. The standard InChI is InChI=1S/C11H13BFN3O2S2/c1-16(2)10-14-15-11(20-10)19-6-7-3-4-9(13)8(5-7)12(17)18/h3-5,17-18H,6H2,1-2H3. The van der Waals surface area contributed by atoms with Crippen LogP contribution < -0.4 is 10.4 Å². The van der Waals surface area contributed by atoms with E-state index < -0.39 is 12.9 Å². The van der Waals surface area contributed by atoms with Gasteiger partial charge in [0.25, 0.3) is 0 Å². The first kappa shape index (κ1) is 15.2. The molecule has 106 valence electrons. The van der Waals surface area contributed by atoms with Crippen LogP contribution in [-0.2, 0) is 5.75 Å². The summed E-state index contributed by atoms with van der Waals surface area (Å²) in [6, 6.07) is 4.29. The monoisotopic (exact) mass is 313 g/mol. The normalized spacial score (nSPS) is 10.7. The lowest BCUT2D eigenvalue weighted by molar-refractivity contribution is 0.423. The highest BCUT2D eigenvalue weighted by molar-refractivity contribution is 8.00. The predicted molar refractivity (Wildman–Crippen MR) is 80.0 cm³/mol. The summed E-state index contributed by atoms with van der Waals surface area (Å²) in [4.78, 5) is 1.87. The molecule has 0 bridgehead atoms. The molecular formula is C11H13BFN3O2S2. The van der Waals surface area contributed by atoms with Gasteiger partial charge in [-0.2, -0.15) is 0 Å². The summed E-state index contributed by atoms with van der Waals surface area (Å²) in [6.45, 7) is 0. The van der Waals surface area contributed by atoms with Crippen molar-refractivity contribution in [3.63, 3.8) is 0 Å². The van der Waals surface area contributed by atoms with E-state index in [2.05, 4.69) is 10.2 Å². The summed E-state index contributed by atoms with van der Waals surface area (Å²) >= 11 is 2.94. The van der Waals surface area contributed by atoms with Gasteiger partial charge in [-0.1, -0.05) is 35.2 Å².